The Hall–Kier alpha value is -0.0400. The van der Waals surface area contributed by atoms with Crippen molar-refractivity contribution in [3.8, 4) is 0 Å². The van der Waals surface area contributed by atoms with Crippen molar-refractivity contribution in [1.29, 1.82) is 0 Å². The minimum Gasteiger partial charge on any atom is -0.368 e. The highest BCUT2D eigenvalue weighted by Crippen LogP contribution is 2.66. The molecule has 0 amide bonds. The molecule has 1 spiro atoms. The highest BCUT2D eigenvalue weighted by atomic mass is 16.5. The predicted molar refractivity (Wildman–Crippen MR) is 52.6 cm³/mol. The Morgan fingerprint density at radius 2 is 2.23 bits per heavy atom. The van der Waals surface area contributed by atoms with Crippen molar-refractivity contribution in [3.05, 3.63) is 0 Å². The van der Waals surface area contributed by atoms with Crippen LogP contribution in [0.4, 0.5) is 0 Å². The van der Waals surface area contributed by atoms with Crippen LogP contribution in [-0.2, 0) is 4.74 Å². The summed E-state index contributed by atoms with van der Waals surface area (Å²) < 4.78 is 6.35. The predicted octanol–water partition coefficient (Wildman–Crippen LogP) is 3.28. The molecule has 1 heteroatoms. The summed E-state index contributed by atoms with van der Waals surface area (Å²) in [4.78, 5) is 0. The minimum atomic E-state index is 0.358. The van der Waals surface area contributed by atoms with E-state index in [1.54, 1.807) is 0 Å². The molecule has 0 aromatic heterocycles. The van der Waals surface area contributed by atoms with E-state index in [-0.39, 0.29) is 0 Å². The van der Waals surface area contributed by atoms with Gasteiger partial charge >= 0.3 is 0 Å². The fourth-order valence-electron chi connectivity index (χ4n) is 3.66. The zero-order valence-corrected chi connectivity index (χ0v) is 8.64. The number of unbranched alkanes of at least 4 members (excludes halogenated alkanes) is 1. The number of fused-ring (bicyclic) bond motifs is 1. The summed E-state index contributed by atoms with van der Waals surface area (Å²) in [5, 5.41) is 0. The van der Waals surface area contributed by atoms with Crippen molar-refractivity contribution < 1.29 is 4.74 Å². The molecule has 3 rings (SSSR count). The molecule has 1 saturated carbocycles. The third-order valence-electron chi connectivity index (χ3n) is 4.43. The summed E-state index contributed by atoms with van der Waals surface area (Å²) in [6.45, 7) is 2.28. The van der Waals surface area contributed by atoms with Crippen LogP contribution in [0.3, 0.4) is 0 Å². The van der Waals surface area contributed by atoms with Gasteiger partial charge in [0.25, 0.3) is 0 Å². The summed E-state index contributed by atoms with van der Waals surface area (Å²) in [7, 11) is 0. The van der Waals surface area contributed by atoms with Gasteiger partial charge in [0.05, 0.1) is 11.2 Å². The standard InChI is InChI=1S/C12H20O/c1-2-3-5-11-6-4-7-12(13-11)9-10(12)8-11/h10H,2-9H2,1H3. The second-order valence-corrected chi connectivity index (χ2v) is 5.41. The quantitative estimate of drug-likeness (QED) is 0.647. The number of rotatable bonds is 3. The number of ether oxygens (including phenoxy) is 1. The first-order valence-electron chi connectivity index (χ1n) is 5.99. The molecular weight excluding hydrogens is 160 g/mol. The second kappa shape index (κ2) is 2.50. The Labute approximate surface area is 80.8 Å². The molecule has 2 bridgehead atoms. The molecule has 74 valence electrons. The third-order valence-corrected chi connectivity index (χ3v) is 4.43. The minimum absolute atomic E-state index is 0.358. The molecule has 0 radical (unpaired) electrons. The molecule has 1 nitrogen and oxygen atoms in total. The molecule has 3 atom stereocenters. The molecular formula is C12H20O. The molecule has 0 aromatic rings. The first-order chi connectivity index (χ1) is 6.29. The van der Waals surface area contributed by atoms with E-state index in [1.807, 2.05) is 0 Å². The average Bonchev–Trinajstić information content (AvgIpc) is 2.68. The normalized spacial score (nSPS) is 51.9. The Bertz CT molecular complexity index is 225. The van der Waals surface area contributed by atoms with Crippen molar-refractivity contribution in [1.82, 2.24) is 0 Å². The molecule has 3 aliphatic rings. The molecule has 2 saturated heterocycles. The fourth-order valence-corrected chi connectivity index (χ4v) is 3.66. The summed E-state index contributed by atoms with van der Waals surface area (Å²) in [5.41, 5.74) is 0.781. The maximum absolute atomic E-state index is 6.35. The van der Waals surface area contributed by atoms with Crippen LogP contribution in [0.5, 0.6) is 0 Å². The second-order valence-electron chi connectivity index (χ2n) is 5.41. The topological polar surface area (TPSA) is 9.23 Å². The zero-order chi connectivity index (χ0) is 8.94. The maximum atomic E-state index is 6.35. The van der Waals surface area contributed by atoms with Crippen LogP contribution in [0.2, 0.25) is 0 Å². The molecule has 3 unspecified atom stereocenters. The highest BCUT2D eigenvalue weighted by molar-refractivity contribution is 5.17. The van der Waals surface area contributed by atoms with E-state index in [0.717, 1.165) is 5.92 Å². The van der Waals surface area contributed by atoms with Gasteiger partial charge in [0, 0.05) is 0 Å². The first kappa shape index (κ1) is 8.28. The van der Waals surface area contributed by atoms with E-state index in [9.17, 15) is 0 Å². The maximum Gasteiger partial charge on any atom is 0.0724 e. The molecule has 2 heterocycles. The Morgan fingerprint density at radius 3 is 3.08 bits per heavy atom. The van der Waals surface area contributed by atoms with E-state index >= 15 is 0 Å². The third kappa shape index (κ3) is 1.09. The Morgan fingerprint density at radius 1 is 1.31 bits per heavy atom. The van der Waals surface area contributed by atoms with Crippen LogP contribution >= 0.6 is 0 Å². The molecule has 0 aromatic carbocycles. The number of hydrogen-bond donors (Lipinski definition) is 0. The fraction of sp³-hybridized carbons (Fsp3) is 1.00. The van der Waals surface area contributed by atoms with Crippen LogP contribution < -0.4 is 0 Å². The molecule has 1 aliphatic carbocycles. The van der Waals surface area contributed by atoms with E-state index in [0.29, 0.717) is 11.2 Å². The lowest BCUT2D eigenvalue weighted by Gasteiger charge is -2.37. The zero-order valence-electron chi connectivity index (χ0n) is 8.64. The van der Waals surface area contributed by atoms with E-state index < -0.39 is 0 Å². The summed E-state index contributed by atoms with van der Waals surface area (Å²) in [6, 6.07) is 0. The van der Waals surface area contributed by atoms with Gasteiger partial charge in [0.15, 0.2) is 0 Å². The SMILES string of the molecule is CCCCC12CCCC3(CC3C1)O2. The first-order valence-corrected chi connectivity index (χ1v) is 5.99. The molecule has 0 N–H and O–H groups in total. The van der Waals surface area contributed by atoms with E-state index in [1.165, 1.54) is 51.4 Å². The lowest BCUT2D eigenvalue weighted by molar-refractivity contribution is -0.116. The monoisotopic (exact) mass is 180 g/mol. The van der Waals surface area contributed by atoms with Crippen LogP contribution in [0.1, 0.15) is 58.3 Å². The van der Waals surface area contributed by atoms with Crippen molar-refractivity contribution in [2.75, 3.05) is 0 Å². The molecule has 3 fully saturated rings. The largest absolute Gasteiger partial charge is 0.368 e. The van der Waals surface area contributed by atoms with Crippen LogP contribution in [-0.4, -0.2) is 11.2 Å². The van der Waals surface area contributed by atoms with Gasteiger partial charge in [0.1, 0.15) is 0 Å². The summed E-state index contributed by atoms with van der Waals surface area (Å²) in [6.07, 6.45) is 11.0. The molecule has 13 heavy (non-hydrogen) atoms. The van der Waals surface area contributed by atoms with Gasteiger partial charge in [-0.3, -0.25) is 0 Å². The van der Waals surface area contributed by atoms with Gasteiger partial charge in [-0.2, -0.15) is 0 Å². The van der Waals surface area contributed by atoms with E-state index in [2.05, 4.69) is 6.92 Å². The molecule has 2 aliphatic heterocycles. The van der Waals surface area contributed by atoms with Crippen LogP contribution in [0.15, 0.2) is 0 Å². The Kier molecular flexibility index (Phi) is 1.59. The lowest BCUT2D eigenvalue weighted by Crippen LogP contribution is -2.36. The average molecular weight is 180 g/mol. The van der Waals surface area contributed by atoms with Gasteiger partial charge in [0.2, 0.25) is 0 Å². The summed E-state index contributed by atoms with van der Waals surface area (Å²) >= 11 is 0. The van der Waals surface area contributed by atoms with Crippen molar-refractivity contribution in [3.63, 3.8) is 0 Å². The van der Waals surface area contributed by atoms with Crippen molar-refractivity contribution in [2.24, 2.45) is 5.92 Å². The van der Waals surface area contributed by atoms with Crippen LogP contribution in [0.25, 0.3) is 0 Å². The van der Waals surface area contributed by atoms with Gasteiger partial charge in [-0.1, -0.05) is 19.8 Å². The number of hydrogen-bond acceptors (Lipinski definition) is 1. The summed E-state index contributed by atoms with van der Waals surface area (Å²) in [5.74, 6) is 0.965. The van der Waals surface area contributed by atoms with Gasteiger partial charge < -0.3 is 4.74 Å². The van der Waals surface area contributed by atoms with Crippen molar-refractivity contribution in [2.45, 2.75) is 69.5 Å². The van der Waals surface area contributed by atoms with E-state index in [4.69, 9.17) is 4.74 Å². The van der Waals surface area contributed by atoms with Crippen molar-refractivity contribution >= 4 is 0 Å². The lowest BCUT2D eigenvalue weighted by atomic mass is 9.87. The van der Waals surface area contributed by atoms with Gasteiger partial charge in [-0.25, -0.2) is 0 Å². The van der Waals surface area contributed by atoms with Gasteiger partial charge in [-0.15, -0.1) is 0 Å². The van der Waals surface area contributed by atoms with Gasteiger partial charge in [-0.05, 0) is 44.4 Å². The van der Waals surface area contributed by atoms with Crippen LogP contribution in [0, 0.1) is 5.92 Å². The Balaban J connectivity index is 1.71. The highest BCUT2D eigenvalue weighted by Gasteiger charge is 2.67. The smallest absolute Gasteiger partial charge is 0.0724 e.